The van der Waals surface area contributed by atoms with E-state index in [0.717, 1.165) is 19.4 Å². The summed E-state index contributed by atoms with van der Waals surface area (Å²) in [7, 11) is 0. The molecule has 2 N–H and O–H groups in total. The third kappa shape index (κ3) is 3.69. The fourth-order valence-electron chi connectivity index (χ4n) is 4.06. The van der Waals surface area contributed by atoms with Gasteiger partial charge in [0.05, 0.1) is 11.7 Å². The Balaban J connectivity index is 1.57. The van der Waals surface area contributed by atoms with Gasteiger partial charge in [-0.05, 0) is 62.6 Å². The summed E-state index contributed by atoms with van der Waals surface area (Å²) in [5.74, 6) is 0.519. The molecular weight excluding hydrogens is 326 g/mol. The zero-order valence-corrected chi connectivity index (χ0v) is 14.3. The first-order chi connectivity index (χ1) is 10.2. The van der Waals surface area contributed by atoms with Gasteiger partial charge in [0.2, 0.25) is 0 Å². The Morgan fingerprint density at radius 1 is 1.24 bits per heavy atom. The molecule has 1 spiro atoms. The van der Waals surface area contributed by atoms with Crippen LogP contribution < -0.4 is 5.73 Å². The van der Waals surface area contributed by atoms with Crippen molar-refractivity contribution < 1.29 is 4.74 Å². The van der Waals surface area contributed by atoms with Crippen LogP contribution in [-0.4, -0.2) is 18.2 Å². The van der Waals surface area contributed by atoms with Crippen molar-refractivity contribution in [1.82, 2.24) is 0 Å². The van der Waals surface area contributed by atoms with Gasteiger partial charge in [0.25, 0.3) is 0 Å². The number of hydrogen-bond donors (Lipinski definition) is 1. The summed E-state index contributed by atoms with van der Waals surface area (Å²) < 4.78 is 7.64. The van der Waals surface area contributed by atoms with Crippen LogP contribution in [0.15, 0.2) is 28.7 Å². The molecule has 1 aromatic rings. The second kappa shape index (κ2) is 6.80. The number of rotatable bonds is 5. The third-order valence-electron chi connectivity index (χ3n) is 5.25. The molecule has 1 saturated carbocycles. The van der Waals surface area contributed by atoms with E-state index in [4.69, 9.17) is 10.5 Å². The monoisotopic (exact) mass is 351 g/mol. The Kier molecular flexibility index (Phi) is 5.03. The lowest BCUT2D eigenvalue weighted by Crippen LogP contribution is -2.27. The van der Waals surface area contributed by atoms with Gasteiger partial charge in [0.15, 0.2) is 0 Å². The molecule has 0 aromatic heterocycles. The lowest BCUT2D eigenvalue weighted by molar-refractivity contribution is -0.0438. The van der Waals surface area contributed by atoms with E-state index < -0.39 is 0 Å². The highest BCUT2D eigenvalue weighted by atomic mass is 79.9. The second-order valence-corrected chi connectivity index (χ2v) is 7.66. The average Bonchev–Trinajstić information content (AvgIpc) is 3.11. The molecule has 3 rings (SSSR count). The molecule has 2 atom stereocenters. The molecular formula is C18H26BrNO. The summed E-state index contributed by atoms with van der Waals surface area (Å²) in [5, 5.41) is 0. The number of ether oxygens (including phenoxy) is 1. The lowest BCUT2D eigenvalue weighted by atomic mass is 9.92. The third-order valence-corrected chi connectivity index (χ3v) is 6.02. The molecule has 0 radical (unpaired) electrons. The Labute approximate surface area is 136 Å². The lowest BCUT2D eigenvalue weighted by Gasteiger charge is -2.25. The van der Waals surface area contributed by atoms with E-state index in [-0.39, 0.29) is 5.60 Å². The van der Waals surface area contributed by atoms with Crippen LogP contribution in [-0.2, 0) is 11.2 Å². The Hall–Kier alpha value is -0.380. The molecule has 3 heteroatoms. The Morgan fingerprint density at radius 3 is 2.71 bits per heavy atom. The normalized spacial score (nSPS) is 25.5. The van der Waals surface area contributed by atoms with E-state index in [1.54, 1.807) is 0 Å². The first-order valence-corrected chi connectivity index (χ1v) is 9.11. The van der Waals surface area contributed by atoms with Gasteiger partial charge in [-0.25, -0.2) is 0 Å². The maximum absolute atomic E-state index is 6.44. The fraction of sp³-hybridized carbons (Fsp3) is 0.667. The van der Waals surface area contributed by atoms with Crippen molar-refractivity contribution in [3.8, 4) is 0 Å². The summed E-state index contributed by atoms with van der Waals surface area (Å²) in [6, 6.07) is 8.48. The number of hydrogen-bond acceptors (Lipinski definition) is 2. The van der Waals surface area contributed by atoms with Crippen molar-refractivity contribution in [2.24, 2.45) is 11.7 Å². The van der Waals surface area contributed by atoms with E-state index in [1.807, 2.05) is 0 Å². The highest BCUT2D eigenvalue weighted by molar-refractivity contribution is 9.10. The quantitative estimate of drug-likeness (QED) is 0.850. The van der Waals surface area contributed by atoms with Crippen molar-refractivity contribution in [1.29, 1.82) is 0 Å². The Bertz CT molecular complexity index is 470. The summed E-state index contributed by atoms with van der Waals surface area (Å²) in [4.78, 5) is 0. The van der Waals surface area contributed by atoms with Crippen LogP contribution in [0.4, 0.5) is 0 Å². The average molecular weight is 352 g/mol. The zero-order chi connectivity index (χ0) is 14.7. The number of halogens is 1. The van der Waals surface area contributed by atoms with Gasteiger partial charge >= 0.3 is 0 Å². The van der Waals surface area contributed by atoms with Crippen molar-refractivity contribution in [3.63, 3.8) is 0 Å². The van der Waals surface area contributed by atoms with Crippen molar-refractivity contribution in [2.45, 2.75) is 63.1 Å². The molecule has 1 heterocycles. The summed E-state index contributed by atoms with van der Waals surface area (Å²) in [5.41, 5.74) is 7.63. The molecule has 1 aromatic carbocycles. The van der Waals surface area contributed by atoms with Gasteiger partial charge in [-0.2, -0.15) is 0 Å². The van der Waals surface area contributed by atoms with Gasteiger partial charge in [0.1, 0.15) is 0 Å². The molecule has 2 nitrogen and oxygen atoms in total. The predicted molar refractivity (Wildman–Crippen MR) is 90.3 cm³/mol. The van der Waals surface area contributed by atoms with Gasteiger partial charge < -0.3 is 10.5 Å². The standard InChI is InChI=1S/C18H26BrNO/c19-17-6-2-1-5-15(17)11-14(13-20)12-16-7-10-18(21-16)8-3-4-9-18/h1-2,5-6,14,16H,3-4,7-13,20H2. The largest absolute Gasteiger partial charge is 0.372 e. The van der Waals surface area contributed by atoms with E-state index in [1.165, 1.54) is 48.6 Å². The first-order valence-electron chi connectivity index (χ1n) is 8.32. The molecule has 21 heavy (non-hydrogen) atoms. The van der Waals surface area contributed by atoms with Crippen molar-refractivity contribution in [2.75, 3.05) is 6.54 Å². The molecule has 2 unspecified atom stereocenters. The minimum atomic E-state index is 0.247. The van der Waals surface area contributed by atoms with Crippen molar-refractivity contribution >= 4 is 15.9 Å². The van der Waals surface area contributed by atoms with Crippen LogP contribution in [0, 0.1) is 5.92 Å². The summed E-state index contributed by atoms with van der Waals surface area (Å²) in [6.07, 6.45) is 10.3. The second-order valence-electron chi connectivity index (χ2n) is 6.80. The number of benzene rings is 1. The maximum Gasteiger partial charge on any atom is 0.0687 e. The molecule has 0 amide bonds. The molecule has 1 saturated heterocycles. The van der Waals surface area contributed by atoms with Crippen LogP contribution in [0.2, 0.25) is 0 Å². The molecule has 1 aliphatic heterocycles. The van der Waals surface area contributed by atoms with Gasteiger partial charge in [-0.1, -0.05) is 47.0 Å². The highest BCUT2D eigenvalue weighted by Gasteiger charge is 2.42. The van der Waals surface area contributed by atoms with Gasteiger partial charge in [0, 0.05) is 4.47 Å². The smallest absolute Gasteiger partial charge is 0.0687 e. The molecule has 0 bridgehead atoms. The van der Waals surface area contributed by atoms with Gasteiger partial charge in [-0.3, -0.25) is 0 Å². The predicted octanol–water partition coefficient (Wildman–Crippen LogP) is 4.45. The Morgan fingerprint density at radius 2 is 2.00 bits per heavy atom. The molecule has 2 fully saturated rings. The first kappa shape index (κ1) is 15.5. The topological polar surface area (TPSA) is 35.2 Å². The zero-order valence-electron chi connectivity index (χ0n) is 12.7. The minimum Gasteiger partial charge on any atom is -0.372 e. The molecule has 2 aliphatic rings. The van der Waals surface area contributed by atoms with E-state index in [9.17, 15) is 0 Å². The molecule has 116 valence electrons. The van der Waals surface area contributed by atoms with E-state index in [0.29, 0.717) is 12.0 Å². The SMILES string of the molecule is NCC(Cc1ccccc1Br)CC1CCC2(CCCC2)O1. The fourth-order valence-corrected chi connectivity index (χ4v) is 4.50. The van der Waals surface area contributed by atoms with Gasteiger partial charge in [-0.15, -0.1) is 0 Å². The summed E-state index contributed by atoms with van der Waals surface area (Å²) in [6.45, 7) is 0.744. The van der Waals surface area contributed by atoms with Crippen LogP contribution >= 0.6 is 15.9 Å². The van der Waals surface area contributed by atoms with Crippen LogP contribution in [0.25, 0.3) is 0 Å². The number of nitrogens with two attached hydrogens (primary N) is 1. The van der Waals surface area contributed by atoms with Crippen LogP contribution in [0.5, 0.6) is 0 Å². The summed E-state index contributed by atoms with van der Waals surface area (Å²) >= 11 is 3.64. The molecule has 1 aliphatic carbocycles. The highest BCUT2D eigenvalue weighted by Crippen LogP contribution is 2.44. The van der Waals surface area contributed by atoms with Crippen LogP contribution in [0.3, 0.4) is 0 Å². The van der Waals surface area contributed by atoms with E-state index >= 15 is 0 Å². The van der Waals surface area contributed by atoms with Crippen molar-refractivity contribution in [3.05, 3.63) is 34.3 Å². The maximum atomic E-state index is 6.44. The van der Waals surface area contributed by atoms with Crippen LogP contribution in [0.1, 0.15) is 50.5 Å². The van der Waals surface area contributed by atoms with E-state index in [2.05, 4.69) is 40.2 Å². The minimum absolute atomic E-state index is 0.247.